The van der Waals surface area contributed by atoms with Gasteiger partial charge in [0.25, 0.3) is 0 Å². The van der Waals surface area contributed by atoms with Crippen LogP contribution in [0.3, 0.4) is 0 Å². The second-order valence-corrected chi connectivity index (χ2v) is 8.30. The number of pyridine rings is 1. The second kappa shape index (κ2) is 7.00. The Morgan fingerprint density at radius 3 is 2.54 bits per heavy atom. The summed E-state index contributed by atoms with van der Waals surface area (Å²) < 4.78 is 0. The molecule has 0 saturated carbocycles. The van der Waals surface area contributed by atoms with E-state index in [0.717, 1.165) is 64.5 Å². The summed E-state index contributed by atoms with van der Waals surface area (Å²) in [5, 5.41) is 12.1. The lowest BCUT2D eigenvalue weighted by Gasteiger charge is -2.37. The fraction of sp³-hybridized carbons (Fsp3) is 0.286. The minimum absolute atomic E-state index is 0.00586. The molecule has 7 heteroatoms. The van der Waals surface area contributed by atoms with Crippen molar-refractivity contribution in [1.82, 2.24) is 15.0 Å². The van der Waals surface area contributed by atoms with E-state index in [0.29, 0.717) is 0 Å². The van der Waals surface area contributed by atoms with Crippen molar-refractivity contribution in [3.63, 3.8) is 0 Å². The topological polar surface area (TPSA) is 65.4 Å². The molecule has 0 atom stereocenters. The molecule has 1 saturated heterocycles. The molecule has 1 N–H and O–H groups in total. The van der Waals surface area contributed by atoms with Gasteiger partial charge in [0.15, 0.2) is 0 Å². The maximum atomic E-state index is 9.87. The lowest BCUT2D eigenvalue weighted by molar-refractivity contribution is 0.281. The fourth-order valence-corrected chi connectivity index (χ4v) is 4.73. The van der Waals surface area contributed by atoms with E-state index >= 15 is 0 Å². The first-order valence-electron chi connectivity index (χ1n) is 9.43. The molecule has 0 radical (unpaired) electrons. The van der Waals surface area contributed by atoms with Crippen molar-refractivity contribution in [3.05, 3.63) is 53.2 Å². The number of thiophene rings is 1. The summed E-state index contributed by atoms with van der Waals surface area (Å²) in [6.07, 6.45) is 1.66. The third-order valence-corrected chi connectivity index (χ3v) is 6.22. The minimum atomic E-state index is -0.00586. The van der Waals surface area contributed by atoms with Gasteiger partial charge in [-0.2, -0.15) is 0 Å². The Hall–Kier alpha value is -2.77. The minimum Gasteiger partial charge on any atom is -0.392 e. The summed E-state index contributed by atoms with van der Waals surface area (Å²) >= 11 is 1.71. The number of rotatable bonds is 3. The molecular formula is C21H21N5OS. The molecule has 4 heterocycles. The highest BCUT2D eigenvalue weighted by atomic mass is 32.1. The molecule has 1 fully saturated rings. The molecule has 28 heavy (non-hydrogen) atoms. The molecule has 4 aromatic rings. The van der Waals surface area contributed by atoms with Crippen molar-refractivity contribution in [2.24, 2.45) is 0 Å². The van der Waals surface area contributed by atoms with Crippen LogP contribution in [0.15, 0.2) is 42.7 Å². The van der Waals surface area contributed by atoms with Crippen LogP contribution in [0.25, 0.3) is 21.1 Å². The lowest BCUT2D eigenvalue weighted by Crippen LogP contribution is -2.47. The van der Waals surface area contributed by atoms with E-state index in [2.05, 4.69) is 32.8 Å². The number of anilines is 2. The number of aliphatic hydroxyl groups excluding tert-OH is 1. The van der Waals surface area contributed by atoms with Gasteiger partial charge in [-0.25, -0.2) is 15.0 Å². The zero-order chi connectivity index (χ0) is 19.1. The van der Waals surface area contributed by atoms with Crippen LogP contribution in [0.5, 0.6) is 0 Å². The standard InChI is InChI=1S/C21H21N5OS/c1-14-10-17-20(22-13-23-21(17)28-14)26-8-6-25(7-9-26)19-16(12-27)11-15-4-2-3-5-18(15)24-19/h2-5,10-11,13,27H,6-9,12H2,1H3. The number of nitrogens with zero attached hydrogens (tertiary/aromatic N) is 5. The van der Waals surface area contributed by atoms with Gasteiger partial charge < -0.3 is 14.9 Å². The number of aliphatic hydroxyl groups is 1. The first-order valence-corrected chi connectivity index (χ1v) is 10.2. The zero-order valence-corrected chi connectivity index (χ0v) is 16.5. The number of hydrogen-bond donors (Lipinski definition) is 1. The number of aromatic nitrogens is 3. The van der Waals surface area contributed by atoms with Crippen LogP contribution in [-0.4, -0.2) is 46.2 Å². The summed E-state index contributed by atoms with van der Waals surface area (Å²) in [6.45, 7) is 5.50. The third-order valence-electron chi connectivity index (χ3n) is 5.26. The van der Waals surface area contributed by atoms with Crippen LogP contribution >= 0.6 is 11.3 Å². The monoisotopic (exact) mass is 391 g/mol. The molecule has 0 bridgehead atoms. The maximum Gasteiger partial charge on any atom is 0.140 e. The summed E-state index contributed by atoms with van der Waals surface area (Å²) in [5.74, 6) is 1.91. The highest BCUT2D eigenvalue weighted by molar-refractivity contribution is 7.18. The summed E-state index contributed by atoms with van der Waals surface area (Å²) in [5.41, 5.74) is 1.84. The van der Waals surface area contributed by atoms with Crippen molar-refractivity contribution in [3.8, 4) is 0 Å². The van der Waals surface area contributed by atoms with Gasteiger partial charge in [0.05, 0.1) is 17.5 Å². The largest absolute Gasteiger partial charge is 0.392 e. The molecular weight excluding hydrogens is 370 g/mol. The number of fused-ring (bicyclic) bond motifs is 2. The van der Waals surface area contributed by atoms with E-state index in [9.17, 15) is 5.11 Å². The molecule has 142 valence electrons. The summed E-state index contributed by atoms with van der Waals surface area (Å²) in [7, 11) is 0. The molecule has 5 rings (SSSR count). The van der Waals surface area contributed by atoms with Gasteiger partial charge in [0.1, 0.15) is 22.8 Å². The maximum absolute atomic E-state index is 9.87. The Bertz CT molecular complexity index is 1150. The summed E-state index contributed by atoms with van der Waals surface area (Å²) in [4.78, 5) is 20.7. The molecule has 1 aliphatic heterocycles. The molecule has 0 amide bonds. The summed E-state index contributed by atoms with van der Waals surface area (Å²) in [6, 6.07) is 12.3. The highest BCUT2D eigenvalue weighted by Gasteiger charge is 2.23. The fourth-order valence-electron chi connectivity index (χ4n) is 3.89. The van der Waals surface area contributed by atoms with Gasteiger partial charge in [0, 0.05) is 42.0 Å². The Labute approximate surface area is 167 Å². The van der Waals surface area contributed by atoms with Gasteiger partial charge >= 0.3 is 0 Å². The van der Waals surface area contributed by atoms with Crippen LogP contribution in [-0.2, 0) is 6.61 Å². The van der Waals surface area contributed by atoms with Gasteiger partial charge in [-0.05, 0) is 25.1 Å². The Balaban J connectivity index is 1.42. The molecule has 0 unspecified atom stereocenters. The molecule has 6 nitrogen and oxygen atoms in total. The third kappa shape index (κ3) is 2.96. The number of aryl methyl sites for hydroxylation is 1. The van der Waals surface area contributed by atoms with Crippen molar-refractivity contribution in [2.45, 2.75) is 13.5 Å². The first-order chi connectivity index (χ1) is 13.7. The normalized spacial score (nSPS) is 14.9. The van der Waals surface area contributed by atoms with Crippen molar-refractivity contribution in [1.29, 1.82) is 0 Å². The SMILES string of the molecule is Cc1cc2c(N3CCN(c4nc5ccccc5cc4CO)CC3)ncnc2s1. The average molecular weight is 392 g/mol. The van der Waals surface area contributed by atoms with E-state index in [4.69, 9.17) is 4.98 Å². The molecule has 0 spiro atoms. The Morgan fingerprint density at radius 1 is 1.00 bits per heavy atom. The number of para-hydroxylation sites is 1. The van der Waals surface area contributed by atoms with E-state index < -0.39 is 0 Å². The van der Waals surface area contributed by atoms with Crippen LogP contribution in [0.1, 0.15) is 10.4 Å². The van der Waals surface area contributed by atoms with Gasteiger partial charge in [-0.15, -0.1) is 11.3 Å². The van der Waals surface area contributed by atoms with Gasteiger partial charge in [-0.1, -0.05) is 18.2 Å². The van der Waals surface area contributed by atoms with Gasteiger partial charge in [-0.3, -0.25) is 0 Å². The highest BCUT2D eigenvalue weighted by Crippen LogP contribution is 2.31. The molecule has 0 aliphatic carbocycles. The first kappa shape index (κ1) is 17.3. The number of benzene rings is 1. The average Bonchev–Trinajstić information content (AvgIpc) is 3.13. The smallest absolute Gasteiger partial charge is 0.140 e. The molecule has 1 aliphatic rings. The number of hydrogen-bond acceptors (Lipinski definition) is 7. The number of piperazine rings is 1. The second-order valence-electron chi connectivity index (χ2n) is 7.07. The van der Waals surface area contributed by atoms with Crippen molar-refractivity contribution < 1.29 is 5.11 Å². The lowest BCUT2D eigenvalue weighted by atomic mass is 10.1. The van der Waals surface area contributed by atoms with Crippen LogP contribution in [0.4, 0.5) is 11.6 Å². The Morgan fingerprint density at radius 2 is 1.75 bits per heavy atom. The van der Waals surface area contributed by atoms with Crippen LogP contribution < -0.4 is 9.80 Å². The van der Waals surface area contributed by atoms with E-state index in [1.807, 2.05) is 30.3 Å². The zero-order valence-electron chi connectivity index (χ0n) is 15.7. The van der Waals surface area contributed by atoms with Crippen molar-refractivity contribution in [2.75, 3.05) is 36.0 Å². The molecule has 3 aromatic heterocycles. The van der Waals surface area contributed by atoms with E-state index in [1.165, 1.54) is 4.88 Å². The molecule has 1 aromatic carbocycles. The van der Waals surface area contributed by atoms with E-state index in [-0.39, 0.29) is 6.61 Å². The predicted molar refractivity (Wildman–Crippen MR) is 114 cm³/mol. The van der Waals surface area contributed by atoms with Crippen LogP contribution in [0, 0.1) is 6.92 Å². The van der Waals surface area contributed by atoms with Crippen molar-refractivity contribution >= 4 is 44.1 Å². The van der Waals surface area contributed by atoms with E-state index in [1.54, 1.807) is 17.7 Å². The van der Waals surface area contributed by atoms with Crippen LogP contribution in [0.2, 0.25) is 0 Å². The van der Waals surface area contributed by atoms with Gasteiger partial charge in [0.2, 0.25) is 0 Å². The Kier molecular flexibility index (Phi) is 4.33. The predicted octanol–water partition coefficient (Wildman–Crippen LogP) is 3.37. The quantitative estimate of drug-likeness (QED) is 0.578.